The summed E-state index contributed by atoms with van der Waals surface area (Å²) in [5.74, 6) is -0.488. The van der Waals surface area contributed by atoms with Crippen LogP contribution in [0, 0.1) is 0 Å². The minimum atomic E-state index is -1.57. The van der Waals surface area contributed by atoms with E-state index in [-0.39, 0.29) is 5.91 Å². The molecule has 1 saturated heterocycles. The van der Waals surface area contributed by atoms with Crippen LogP contribution in [0.4, 0.5) is 0 Å². The van der Waals surface area contributed by atoms with Gasteiger partial charge in [-0.25, -0.2) is 0 Å². The van der Waals surface area contributed by atoms with Gasteiger partial charge in [-0.2, -0.15) is 0 Å². The summed E-state index contributed by atoms with van der Waals surface area (Å²) in [7, 11) is 6.04. The molecule has 0 spiro atoms. The molecule has 242 valence electrons. The van der Waals surface area contributed by atoms with Gasteiger partial charge in [-0.15, -0.1) is 0 Å². The van der Waals surface area contributed by atoms with E-state index < -0.39 is 36.6 Å². The molecule has 0 saturated carbocycles. The number of hydrogen-bond acceptors (Lipinski definition) is 7. The second-order valence-corrected chi connectivity index (χ2v) is 12.7. The maximum Gasteiger partial charge on any atom is 0.275 e. The van der Waals surface area contributed by atoms with Gasteiger partial charge in [0.2, 0.25) is 0 Å². The van der Waals surface area contributed by atoms with E-state index in [9.17, 15) is 24.9 Å². The molecule has 0 aromatic rings. The summed E-state index contributed by atoms with van der Waals surface area (Å²) in [6.45, 7) is 4.29. The van der Waals surface area contributed by atoms with Crippen molar-refractivity contribution >= 4 is 11.8 Å². The van der Waals surface area contributed by atoms with Crippen LogP contribution in [-0.2, 0) is 19.1 Å². The molecule has 1 aliphatic rings. The lowest BCUT2D eigenvalue weighted by atomic mass is 10.0. The third-order valence-corrected chi connectivity index (χ3v) is 7.46. The summed E-state index contributed by atoms with van der Waals surface area (Å²) in [4.78, 5) is 24.2. The first-order valence-electron chi connectivity index (χ1n) is 16.2. The lowest BCUT2D eigenvalue weighted by Gasteiger charge is -2.22. The van der Waals surface area contributed by atoms with Crippen molar-refractivity contribution in [2.75, 3.05) is 47.4 Å². The molecule has 0 aromatic heterocycles. The SMILES string of the molecule is CCCCCCCCO[C@@H]1O[C@H]([C@H](O)C(=O)NCCCCCCCCCCCCNC(=O)C[N+](C)(C)C)[C@H](O)[C@H]1O. The Labute approximate surface area is 249 Å². The van der Waals surface area contributed by atoms with Crippen LogP contribution in [0.1, 0.15) is 110 Å². The molecule has 1 fully saturated rings. The maximum atomic E-state index is 12.4. The lowest BCUT2D eigenvalue weighted by Crippen LogP contribution is -2.47. The molecule has 0 radical (unpaired) electrons. The van der Waals surface area contributed by atoms with E-state index in [0.717, 1.165) is 64.3 Å². The summed E-state index contributed by atoms with van der Waals surface area (Å²) in [6, 6.07) is 0. The molecule has 41 heavy (non-hydrogen) atoms. The van der Waals surface area contributed by atoms with Gasteiger partial charge in [0.05, 0.1) is 21.1 Å². The number of likely N-dealkylation sites (N-methyl/N-ethyl adjacent to an activating group) is 1. The van der Waals surface area contributed by atoms with E-state index >= 15 is 0 Å². The highest BCUT2D eigenvalue weighted by Crippen LogP contribution is 2.25. The topological polar surface area (TPSA) is 137 Å². The van der Waals surface area contributed by atoms with Crippen molar-refractivity contribution in [2.24, 2.45) is 0 Å². The van der Waals surface area contributed by atoms with E-state index in [1.165, 1.54) is 44.9 Å². The van der Waals surface area contributed by atoms with Crippen molar-refractivity contribution in [1.82, 2.24) is 10.6 Å². The molecule has 5 N–H and O–H groups in total. The number of carbonyl (C=O) groups is 2. The summed E-state index contributed by atoms with van der Waals surface area (Å²) >= 11 is 0. The molecule has 0 unspecified atom stereocenters. The zero-order valence-corrected chi connectivity index (χ0v) is 26.5. The van der Waals surface area contributed by atoms with Crippen molar-refractivity contribution in [3.05, 3.63) is 0 Å². The Hall–Kier alpha value is -1.30. The molecule has 1 aliphatic heterocycles. The average molecular weight is 589 g/mol. The number of aliphatic hydroxyl groups excluding tert-OH is 3. The first kappa shape index (κ1) is 37.7. The van der Waals surface area contributed by atoms with Crippen LogP contribution in [0.5, 0.6) is 0 Å². The van der Waals surface area contributed by atoms with Crippen molar-refractivity contribution in [2.45, 2.75) is 140 Å². The molecule has 2 amide bonds. The summed E-state index contributed by atoms with van der Waals surface area (Å²) < 4.78 is 11.7. The second kappa shape index (κ2) is 22.3. The van der Waals surface area contributed by atoms with E-state index in [1.54, 1.807) is 0 Å². The maximum absolute atomic E-state index is 12.4. The second-order valence-electron chi connectivity index (χ2n) is 12.7. The fourth-order valence-electron chi connectivity index (χ4n) is 5.00. The third-order valence-electron chi connectivity index (χ3n) is 7.46. The van der Waals surface area contributed by atoms with Gasteiger partial charge in [0.25, 0.3) is 11.8 Å². The number of nitrogens with zero attached hydrogens (tertiary/aromatic N) is 1. The number of unbranched alkanes of at least 4 members (excludes halogenated alkanes) is 14. The molecule has 0 aliphatic carbocycles. The van der Waals surface area contributed by atoms with Gasteiger partial charge in [0.15, 0.2) is 18.9 Å². The van der Waals surface area contributed by atoms with Crippen LogP contribution in [-0.4, -0.2) is 110 Å². The van der Waals surface area contributed by atoms with Crippen molar-refractivity contribution in [3.8, 4) is 0 Å². The van der Waals surface area contributed by atoms with Crippen LogP contribution in [0.3, 0.4) is 0 Å². The minimum absolute atomic E-state index is 0.118. The first-order chi connectivity index (χ1) is 19.6. The molecule has 1 rings (SSSR count). The van der Waals surface area contributed by atoms with E-state index in [4.69, 9.17) is 9.47 Å². The first-order valence-corrected chi connectivity index (χ1v) is 16.2. The monoisotopic (exact) mass is 588 g/mol. The third kappa shape index (κ3) is 18.1. The number of nitrogens with one attached hydrogen (secondary N) is 2. The standard InChI is InChI=1S/C31H61N3O7/c1-5-6-7-8-17-20-23-40-31-27(37)26(36)29(41-31)28(38)30(39)33-22-19-16-14-12-10-9-11-13-15-18-21-32-25(35)24-34(2,3)4/h26-29,31,36-38H,5-24H2,1-4H3,(H-,32,33,35,39)/p+1/t26-,27-,28+,29+,31-/m1/s1. The Morgan fingerprint density at radius 2 is 1.24 bits per heavy atom. The number of ether oxygens (including phenoxy) is 2. The smallest absolute Gasteiger partial charge is 0.275 e. The van der Waals surface area contributed by atoms with Gasteiger partial charge >= 0.3 is 0 Å². The Balaban J connectivity index is 2.01. The Morgan fingerprint density at radius 3 is 1.78 bits per heavy atom. The molecule has 0 bridgehead atoms. The predicted octanol–water partition coefficient (Wildman–Crippen LogP) is 3.01. The average Bonchev–Trinajstić information content (AvgIpc) is 3.19. The number of aliphatic hydroxyl groups is 3. The number of carbonyl (C=O) groups excluding carboxylic acids is 2. The van der Waals surface area contributed by atoms with Gasteiger partial charge in [-0.3, -0.25) is 9.59 Å². The predicted molar refractivity (Wildman–Crippen MR) is 161 cm³/mol. The highest BCUT2D eigenvalue weighted by Gasteiger charge is 2.48. The molecular formula is C31H62N3O7+. The van der Waals surface area contributed by atoms with Crippen LogP contribution < -0.4 is 10.6 Å². The van der Waals surface area contributed by atoms with Gasteiger partial charge < -0.3 is 39.9 Å². The Bertz CT molecular complexity index is 689. The fourth-order valence-corrected chi connectivity index (χ4v) is 5.00. The number of amides is 2. The molecule has 0 aromatic carbocycles. The Morgan fingerprint density at radius 1 is 0.756 bits per heavy atom. The molecule has 5 atom stereocenters. The normalized spacial score (nSPS) is 21.6. The molecule has 1 heterocycles. The van der Waals surface area contributed by atoms with Gasteiger partial charge in [-0.1, -0.05) is 90.4 Å². The number of rotatable bonds is 25. The van der Waals surface area contributed by atoms with Crippen LogP contribution in [0.15, 0.2) is 0 Å². The van der Waals surface area contributed by atoms with E-state index in [2.05, 4.69) is 17.6 Å². The zero-order valence-electron chi connectivity index (χ0n) is 26.5. The summed E-state index contributed by atoms with van der Waals surface area (Å²) in [5, 5.41) is 36.6. The number of hydrogen-bond donors (Lipinski definition) is 5. The lowest BCUT2D eigenvalue weighted by molar-refractivity contribution is -0.862. The van der Waals surface area contributed by atoms with Gasteiger partial charge in [0, 0.05) is 19.7 Å². The zero-order chi connectivity index (χ0) is 30.5. The number of quaternary nitrogens is 1. The van der Waals surface area contributed by atoms with Crippen LogP contribution in [0.2, 0.25) is 0 Å². The molecule has 10 nitrogen and oxygen atoms in total. The van der Waals surface area contributed by atoms with Gasteiger partial charge in [0.1, 0.15) is 18.3 Å². The largest absolute Gasteiger partial charge is 0.387 e. The molecular weight excluding hydrogens is 526 g/mol. The van der Waals surface area contributed by atoms with E-state index in [0.29, 0.717) is 24.2 Å². The fraction of sp³-hybridized carbons (Fsp3) is 0.935. The van der Waals surface area contributed by atoms with Crippen molar-refractivity contribution in [1.29, 1.82) is 0 Å². The van der Waals surface area contributed by atoms with Crippen molar-refractivity contribution in [3.63, 3.8) is 0 Å². The van der Waals surface area contributed by atoms with Crippen molar-refractivity contribution < 1.29 is 38.9 Å². The van der Waals surface area contributed by atoms with E-state index in [1.807, 2.05) is 21.1 Å². The van der Waals surface area contributed by atoms with Gasteiger partial charge in [-0.05, 0) is 19.3 Å². The minimum Gasteiger partial charge on any atom is -0.387 e. The summed E-state index contributed by atoms with van der Waals surface area (Å²) in [5.41, 5.74) is 0. The Kier molecular flexibility index (Phi) is 20.5. The quantitative estimate of drug-likeness (QED) is 0.0817. The molecule has 10 heteroatoms. The highest BCUT2D eigenvalue weighted by atomic mass is 16.7. The summed E-state index contributed by atoms with van der Waals surface area (Å²) in [6.07, 6.45) is 11.2. The highest BCUT2D eigenvalue weighted by molar-refractivity contribution is 5.81. The van der Waals surface area contributed by atoms with Crippen LogP contribution in [0.25, 0.3) is 0 Å². The van der Waals surface area contributed by atoms with Crippen LogP contribution >= 0.6 is 0 Å².